The number of aryl methyl sites for hydroxylation is 1. The number of nitrogens with two attached hydrogens (primary N) is 1. The van der Waals surface area contributed by atoms with Crippen LogP contribution < -0.4 is 16.4 Å². The van der Waals surface area contributed by atoms with Gasteiger partial charge in [-0.15, -0.1) is 0 Å². The van der Waals surface area contributed by atoms with Gasteiger partial charge in [0.15, 0.2) is 11.6 Å². The van der Waals surface area contributed by atoms with E-state index in [-0.39, 0.29) is 23.6 Å². The van der Waals surface area contributed by atoms with Gasteiger partial charge in [-0.25, -0.2) is 14.3 Å². The van der Waals surface area contributed by atoms with Gasteiger partial charge in [-0.05, 0) is 36.6 Å². The summed E-state index contributed by atoms with van der Waals surface area (Å²) in [6, 6.07) is 16.2. The van der Waals surface area contributed by atoms with Gasteiger partial charge >= 0.3 is 6.03 Å². The van der Waals surface area contributed by atoms with Crippen molar-refractivity contribution in [2.24, 2.45) is 0 Å². The molecule has 2 aromatic heterocycles. The number of nitrogens with zero attached hydrogens (tertiary/aromatic N) is 3. The van der Waals surface area contributed by atoms with E-state index in [1.165, 1.54) is 6.33 Å². The molecule has 0 aliphatic rings. The Morgan fingerprint density at radius 3 is 2.64 bits per heavy atom. The van der Waals surface area contributed by atoms with Crippen LogP contribution in [-0.2, 0) is 6.54 Å². The first-order valence-electron chi connectivity index (χ1n) is 10.7. The summed E-state index contributed by atoms with van der Waals surface area (Å²) < 4.78 is 1.67. The highest BCUT2D eigenvalue weighted by Crippen LogP contribution is 2.27. The second-order valence-corrected chi connectivity index (χ2v) is 8.25. The normalized spacial score (nSPS) is 11.0. The lowest BCUT2D eigenvalue weighted by atomic mass is 10.0. The topological polar surface area (TPSA) is 114 Å². The summed E-state index contributed by atoms with van der Waals surface area (Å²) in [6.45, 7) is 6.45. The van der Waals surface area contributed by atoms with E-state index < -0.39 is 0 Å². The summed E-state index contributed by atoms with van der Waals surface area (Å²) in [5, 5.41) is 9.90. The fraction of sp³-hybridized carbons (Fsp3) is 0.200. The van der Waals surface area contributed by atoms with Gasteiger partial charge < -0.3 is 16.4 Å². The molecular formula is C25H26N6O2. The Kier molecular flexibility index (Phi) is 6.08. The summed E-state index contributed by atoms with van der Waals surface area (Å²) in [5.41, 5.74) is 10.9. The number of ketones is 1. The lowest BCUT2D eigenvalue weighted by molar-refractivity contribution is 0.104. The number of nitrogen functional groups attached to an aromatic ring is 1. The molecule has 33 heavy (non-hydrogen) atoms. The minimum atomic E-state index is -0.352. The van der Waals surface area contributed by atoms with Crippen LogP contribution in [0.15, 0.2) is 60.9 Å². The van der Waals surface area contributed by atoms with Crippen molar-refractivity contribution < 1.29 is 9.59 Å². The molecule has 4 aromatic rings. The number of anilines is 2. The zero-order valence-corrected chi connectivity index (χ0v) is 18.8. The van der Waals surface area contributed by atoms with Gasteiger partial charge in [0.25, 0.3) is 0 Å². The number of hydrogen-bond donors (Lipinski definition) is 3. The molecule has 4 N–H and O–H groups in total. The number of nitrogens with one attached hydrogen (secondary N) is 2. The summed E-state index contributed by atoms with van der Waals surface area (Å²) in [4.78, 5) is 29.8. The molecule has 4 rings (SSSR count). The quantitative estimate of drug-likeness (QED) is 0.385. The van der Waals surface area contributed by atoms with E-state index in [2.05, 4.69) is 20.7 Å². The van der Waals surface area contributed by atoms with Gasteiger partial charge in [0.1, 0.15) is 11.8 Å². The van der Waals surface area contributed by atoms with Crippen molar-refractivity contribution in [2.45, 2.75) is 33.2 Å². The number of carbonyl (C=O) groups is 2. The average molecular weight is 443 g/mol. The van der Waals surface area contributed by atoms with Gasteiger partial charge in [-0.3, -0.25) is 4.79 Å². The Morgan fingerprint density at radius 1 is 1.09 bits per heavy atom. The Hall–Kier alpha value is -4.20. The number of hydrogen-bond acceptors (Lipinski definition) is 5. The van der Waals surface area contributed by atoms with Crippen molar-refractivity contribution in [1.29, 1.82) is 0 Å². The number of urea groups is 1. The molecule has 0 bridgehead atoms. The van der Waals surface area contributed by atoms with Gasteiger partial charge in [0, 0.05) is 23.5 Å². The highest BCUT2D eigenvalue weighted by Gasteiger charge is 2.22. The third kappa shape index (κ3) is 4.69. The van der Waals surface area contributed by atoms with E-state index in [0.29, 0.717) is 28.9 Å². The van der Waals surface area contributed by atoms with Crippen LogP contribution in [0.5, 0.6) is 0 Å². The molecule has 0 aliphatic carbocycles. The molecule has 2 aromatic carbocycles. The number of fused-ring (bicyclic) bond motifs is 1. The van der Waals surface area contributed by atoms with Crippen LogP contribution in [0.3, 0.4) is 0 Å². The maximum Gasteiger partial charge on any atom is 0.319 e. The molecule has 0 atom stereocenters. The molecule has 2 amide bonds. The Bertz CT molecular complexity index is 1340. The lowest BCUT2D eigenvalue weighted by Crippen LogP contribution is -2.28. The van der Waals surface area contributed by atoms with E-state index in [0.717, 1.165) is 16.8 Å². The molecular weight excluding hydrogens is 416 g/mol. The molecule has 2 heterocycles. The van der Waals surface area contributed by atoms with Crippen molar-refractivity contribution in [3.63, 3.8) is 0 Å². The summed E-state index contributed by atoms with van der Waals surface area (Å²) in [5.74, 6) is 0.160. The first-order valence-corrected chi connectivity index (χ1v) is 10.7. The maximum atomic E-state index is 13.4. The van der Waals surface area contributed by atoms with E-state index in [9.17, 15) is 9.59 Å². The number of aromatic nitrogens is 3. The molecule has 0 radical (unpaired) electrons. The second-order valence-electron chi connectivity index (χ2n) is 8.25. The lowest BCUT2D eigenvalue weighted by Gasteiger charge is -2.09. The molecule has 8 nitrogen and oxygen atoms in total. The van der Waals surface area contributed by atoms with Gasteiger partial charge in [0.2, 0.25) is 0 Å². The van der Waals surface area contributed by atoms with Crippen molar-refractivity contribution >= 4 is 28.8 Å². The number of rotatable bonds is 6. The third-order valence-electron chi connectivity index (χ3n) is 5.36. The van der Waals surface area contributed by atoms with Crippen molar-refractivity contribution in [3.8, 4) is 0 Å². The summed E-state index contributed by atoms with van der Waals surface area (Å²) in [7, 11) is 0. The van der Waals surface area contributed by atoms with Crippen LogP contribution in [0.2, 0.25) is 0 Å². The van der Waals surface area contributed by atoms with Crippen LogP contribution in [0.25, 0.3) is 5.52 Å². The smallest absolute Gasteiger partial charge is 0.319 e. The summed E-state index contributed by atoms with van der Waals surface area (Å²) in [6.07, 6.45) is 1.38. The average Bonchev–Trinajstić information content (AvgIpc) is 3.19. The maximum absolute atomic E-state index is 13.4. The first-order chi connectivity index (χ1) is 15.8. The monoisotopic (exact) mass is 442 g/mol. The van der Waals surface area contributed by atoms with Crippen molar-refractivity contribution in [1.82, 2.24) is 19.9 Å². The van der Waals surface area contributed by atoms with E-state index in [1.807, 2.05) is 51.1 Å². The van der Waals surface area contributed by atoms with Crippen LogP contribution in [0.4, 0.5) is 16.3 Å². The molecule has 0 fully saturated rings. The third-order valence-corrected chi connectivity index (χ3v) is 5.36. The predicted molar refractivity (Wildman–Crippen MR) is 128 cm³/mol. The van der Waals surface area contributed by atoms with Crippen LogP contribution in [-0.4, -0.2) is 26.4 Å². The zero-order chi connectivity index (χ0) is 23.5. The number of carbonyl (C=O) groups excluding carboxylic acids is 2. The van der Waals surface area contributed by atoms with E-state index in [1.54, 1.807) is 28.8 Å². The minimum absolute atomic E-state index is 0.137. The highest BCUT2D eigenvalue weighted by molar-refractivity contribution is 6.15. The molecule has 0 unspecified atom stereocenters. The number of amides is 2. The summed E-state index contributed by atoms with van der Waals surface area (Å²) >= 11 is 0. The molecule has 0 saturated carbocycles. The Morgan fingerprint density at radius 2 is 1.88 bits per heavy atom. The zero-order valence-electron chi connectivity index (χ0n) is 18.8. The largest absolute Gasteiger partial charge is 0.382 e. The Labute approximate surface area is 191 Å². The van der Waals surface area contributed by atoms with Gasteiger partial charge in [-0.2, -0.15) is 5.10 Å². The SMILES string of the molecule is Cc1cccc(CNC(=O)Nc2cccc(C(=O)c3cc(C(C)C)n4ncnc(N)c34)c2)c1. The number of benzene rings is 2. The Balaban J connectivity index is 1.54. The fourth-order valence-electron chi connectivity index (χ4n) is 3.75. The standard InChI is InChI=1S/C25H26N6O2/c1-15(2)21-12-20(22-24(26)28-14-29-31(21)22)23(32)18-8-5-9-19(11-18)30-25(33)27-13-17-7-4-6-16(3)10-17/h4-12,14-15H,13H2,1-3H3,(H2,26,28,29)(H2,27,30,33). The van der Waals surface area contributed by atoms with Gasteiger partial charge in [-0.1, -0.05) is 55.8 Å². The van der Waals surface area contributed by atoms with Crippen LogP contribution >= 0.6 is 0 Å². The molecule has 0 spiro atoms. The van der Waals surface area contributed by atoms with Crippen molar-refractivity contribution in [3.05, 3.63) is 88.9 Å². The molecule has 168 valence electrons. The molecule has 0 saturated heterocycles. The van der Waals surface area contributed by atoms with Crippen LogP contribution in [0.1, 0.15) is 52.5 Å². The fourth-order valence-corrected chi connectivity index (χ4v) is 3.75. The molecule has 0 aliphatic heterocycles. The second kappa shape index (κ2) is 9.12. The minimum Gasteiger partial charge on any atom is -0.382 e. The van der Waals surface area contributed by atoms with E-state index in [4.69, 9.17) is 5.73 Å². The van der Waals surface area contributed by atoms with Crippen LogP contribution in [0, 0.1) is 6.92 Å². The predicted octanol–water partition coefficient (Wildman–Crippen LogP) is 4.30. The van der Waals surface area contributed by atoms with E-state index >= 15 is 0 Å². The molecule has 8 heteroatoms. The van der Waals surface area contributed by atoms with Gasteiger partial charge in [0.05, 0.1) is 5.56 Å². The highest BCUT2D eigenvalue weighted by atomic mass is 16.2. The van der Waals surface area contributed by atoms with Crippen molar-refractivity contribution in [2.75, 3.05) is 11.1 Å². The first kappa shape index (κ1) is 22.0.